The molecular weight excluding hydrogens is 298 g/mol. The van der Waals surface area contributed by atoms with Crippen LogP contribution >= 0.6 is 0 Å². The van der Waals surface area contributed by atoms with E-state index in [2.05, 4.69) is 20.3 Å². The molecule has 0 fully saturated rings. The third kappa shape index (κ3) is 3.10. The summed E-state index contributed by atoms with van der Waals surface area (Å²) in [5, 5.41) is 12.4. The van der Waals surface area contributed by atoms with Gasteiger partial charge in [-0.15, -0.1) is 0 Å². The Kier molecular flexibility index (Phi) is 3.63. The first kappa shape index (κ1) is 14.5. The number of benzene rings is 1. The molecule has 23 heavy (non-hydrogen) atoms. The average molecular weight is 311 g/mol. The van der Waals surface area contributed by atoms with Gasteiger partial charge in [-0.2, -0.15) is 0 Å². The van der Waals surface area contributed by atoms with E-state index < -0.39 is 5.97 Å². The number of pyridine rings is 1. The number of hydrogen-bond acceptors (Lipinski definition) is 6. The monoisotopic (exact) mass is 311 g/mol. The van der Waals surface area contributed by atoms with Crippen LogP contribution in [0, 0.1) is 0 Å². The number of nitrogens with two attached hydrogens (primary N) is 1. The van der Waals surface area contributed by atoms with Crippen LogP contribution in [0.3, 0.4) is 0 Å². The molecule has 8 heteroatoms. The lowest BCUT2D eigenvalue weighted by molar-refractivity contribution is 0.0697. The summed E-state index contributed by atoms with van der Waals surface area (Å²) in [7, 11) is 0. The summed E-state index contributed by atoms with van der Waals surface area (Å²) in [6.45, 7) is 0.381. The number of nitrogen functional groups attached to an aromatic ring is 1. The van der Waals surface area contributed by atoms with Crippen molar-refractivity contribution in [2.45, 2.75) is 6.54 Å². The Morgan fingerprint density at radius 2 is 2.04 bits per heavy atom. The second kappa shape index (κ2) is 5.76. The van der Waals surface area contributed by atoms with Gasteiger partial charge in [0, 0.05) is 5.69 Å². The number of carbonyl (C=O) groups is 1. The zero-order valence-electron chi connectivity index (χ0n) is 11.9. The van der Waals surface area contributed by atoms with E-state index in [0.717, 1.165) is 5.69 Å². The van der Waals surface area contributed by atoms with Crippen molar-refractivity contribution in [3.05, 3.63) is 58.1 Å². The summed E-state index contributed by atoms with van der Waals surface area (Å²) >= 11 is 0. The quantitative estimate of drug-likeness (QED) is 0.569. The molecule has 0 bridgehead atoms. The number of carboxylic acids is 1. The Morgan fingerprint density at radius 1 is 1.30 bits per heavy atom. The Morgan fingerprint density at radius 3 is 2.74 bits per heavy atom. The number of aromatic nitrogens is 3. The predicted molar refractivity (Wildman–Crippen MR) is 85.3 cm³/mol. The maximum atomic E-state index is 11.8. The summed E-state index contributed by atoms with van der Waals surface area (Å²) in [4.78, 5) is 33.3. The third-order valence-electron chi connectivity index (χ3n) is 3.27. The van der Waals surface area contributed by atoms with Crippen molar-refractivity contribution in [3.63, 3.8) is 0 Å². The van der Waals surface area contributed by atoms with Crippen LogP contribution in [0.5, 0.6) is 0 Å². The molecule has 0 spiro atoms. The van der Waals surface area contributed by atoms with Crippen LogP contribution in [-0.2, 0) is 6.54 Å². The first-order valence-corrected chi connectivity index (χ1v) is 6.74. The van der Waals surface area contributed by atoms with E-state index in [0.29, 0.717) is 23.1 Å². The van der Waals surface area contributed by atoms with E-state index >= 15 is 0 Å². The van der Waals surface area contributed by atoms with Gasteiger partial charge in [0.15, 0.2) is 0 Å². The largest absolute Gasteiger partial charge is 0.478 e. The Balaban J connectivity index is 1.79. The highest BCUT2D eigenvalue weighted by Crippen LogP contribution is 2.12. The molecule has 0 saturated heterocycles. The molecule has 0 saturated carbocycles. The van der Waals surface area contributed by atoms with E-state index in [4.69, 9.17) is 10.8 Å². The number of hydrogen-bond donors (Lipinski definition) is 4. The van der Waals surface area contributed by atoms with Gasteiger partial charge in [0.2, 0.25) is 5.95 Å². The fourth-order valence-corrected chi connectivity index (χ4v) is 2.12. The molecule has 2 heterocycles. The molecule has 0 aliphatic heterocycles. The minimum Gasteiger partial charge on any atom is -0.478 e. The van der Waals surface area contributed by atoms with E-state index in [1.54, 1.807) is 18.2 Å². The molecule has 0 radical (unpaired) electrons. The molecule has 116 valence electrons. The van der Waals surface area contributed by atoms with E-state index in [9.17, 15) is 9.59 Å². The normalized spacial score (nSPS) is 10.6. The number of anilines is 2. The van der Waals surface area contributed by atoms with Crippen molar-refractivity contribution in [1.82, 2.24) is 15.0 Å². The number of fused-ring (bicyclic) bond motifs is 1. The third-order valence-corrected chi connectivity index (χ3v) is 3.27. The highest BCUT2D eigenvalue weighted by Gasteiger charge is 2.05. The number of nitrogens with zero attached hydrogens (tertiary/aromatic N) is 2. The maximum absolute atomic E-state index is 11.8. The molecule has 3 aromatic rings. The van der Waals surface area contributed by atoms with Crippen molar-refractivity contribution in [1.29, 1.82) is 0 Å². The Hall–Kier alpha value is -3.42. The van der Waals surface area contributed by atoms with E-state index in [-0.39, 0.29) is 17.1 Å². The lowest BCUT2D eigenvalue weighted by Crippen LogP contribution is -2.12. The summed E-state index contributed by atoms with van der Waals surface area (Å²) in [5.74, 6) is -0.924. The summed E-state index contributed by atoms with van der Waals surface area (Å²) < 4.78 is 0. The Labute approximate surface area is 130 Å². The molecule has 0 unspecified atom stereocenters. The maximum Gasteiger partial charge on any atom is 0.335 e. The Bertz CT molecular complexity index is 934. The lowest BCUT2D eigenvalue weighted by atomic mass is 10.2. The minimum atomic E-state index is -0.973. The molecule has 0 amide bonds. The summed E-state index contributed by atoms with van der Waals surface area (Å²) in [6.07, 6.45) is 1.49. The molecule has 3 rings (SSSR count). The van der Waals surface area contributed by atoms with Gasteiger partial charge in [-0.1, -0.05) is 0 Å². The fourth-order valence-electron chi connectivity index (χ4n) is 2.12. The van der Waals surface area contributed by atoms with Gasteiger partial charge in [0.25, 0.3) is 5.56 Å². The van der Waals surface area contributed by atoms with Crippen LogP contribution in [-0.4, -0.2) is 26.0 Å². The van der Waals surface area contributed by atoms with E-state index in [1.807, 2.05) is 0 Å². The van der Waals surface area contributed by atoms with Crippen LogP contribution in [0.1, 0.15) is 16.1 Å². The molecule has 0 atom stereocenters. The zero-order valence-corrected chi connectivity index (χ0v) is 11.9. The van der Waals surface area contributed by atoms with Gasteiger partial charge in [0.1, 0.15) is 0 Å². The second-order valence-electron chi connectivity index (χ2n) is 4.88. The van der Waals surface area contributed by atoms with Crippen molar-refractivity contribution >= 4 is 28.5 Å². The molecule has 2 aromatic heterocycles. The molecule has 8 nitrogen and oxygen atoms in total. The number of nitrogens with one attached hydrogen (secondary N) is 2. The van der Waals surface area contributed by atoms with Crippen LogP contribution in [0.25, 0.3) is 10.9 Å². The van der Waals surface area contributed by atoms with Gasteiger partial charge in [-0.05, 0) is 30.3 Å². The number of rotatable bonds is 4. The van der Waals surface area contributed by atoms with Gasteiger partial charge < -0.3 is 16.2 Å². The number of H-pyrrole nitrogens is 1. The standard InChI is InChI=1S/C15H13N5O3/c16-15-19-12-7-18-10(5-11(12)13(21)20-15)6-17-9-3-1-8(2-4-9)14(22)23/h1-5,7,17H,6H2,(H,22,23)(H3,16,19,20,21). The predicted octanol–water partition coefficient (Wildman–Crippen LogP) is 1.21. The zero-order chi connectivity index (χ0) is 16.4. The van der Waals surface area contributed by atoms with E-state index in [1.165, 1.54) is 18.3 Å². The molecule has 5 N–H and O–H groups in total. The van der Waals surface area contributed by atoms with Gasteiger partial charge >= 0.3 is 5.97 Å². The molecule has 1 aromatic carbocycles. The van der Waals surface area contributed by atoms with Crippen LogP contribution in [0.2, 0.25) is 0 Å². The van der Waals surface area contributed by atoms with Gasteiger partial charge in [0.05, 0.1) is 34.9 Å². The second-order valence-corrected chi connectivity index (χ2v) is 4.88. The van der Waals surface area contributed by atoms with Gasteiger partial charge in [-0.3, -0.25) is 14.8 Å². The highest BCUT2D eigenvalue weighted by molar-refractivity contribution is 5.88. The van der Waals surface area contributed by atoms with Crippen molar-refractivity contribution in [2.24, 2.45) is 0 Å². The minimum absolute atomic E-state index is 0.0497. The summed E-state index contributed by atoms with van der Waals surface area (Å²) in [6, 6.07) is 7.99. The van der Waals surface area contributed by atoms with Crippen molar-refractivity contribution < 1.29 is 9.90 Å². The number of aromatic amines is 1. The van der Waals surface area contributed by atoms with Crippen LogP contribution in [0.4, 0.5) is 11.6 Å². The van der Waals surface area contributed by atoms with Crippen molar-refractivity contribution in [3.8, 4) is 0 Å². The number of carboxylic acid groups (broad SMARTS) is 1. The summed E-state index contributed by atoms with van der Waals surface area (Å²) in [5.41, 5.74) is 7.21. The topological polar surface area (TPSA) is 134 Å². The first-order valence-electron chi connectivity index (χ1n) is 6.74. The molecular formula is C15H13N5O3. The smallest absolute Gasteiger partial charge is 0.335 e. The molecule has 0 aliphatic carbocycles. The highest BCUT2D eigenvalue weighted by atomic mass is 16.4. The fraction of sp³-hybridized carbons (Fsp3) is 0.0667. The number of aromatic carboxylic acids is 1. The van der Waals surface area contributed by atoms with Crippen LogP contribution < -0.4 is 16.6 Å². The van der Waals surface area contributed by atoms with Crippen LogP contribution in [0.15, 0.2) is 41.3 Å². The molecule has 0 aliphatic rings. The average Bonchev–Trinajstić information content (AvgIpc) is 2.53. The first-order chi connectivity index (χ1) is 11.0. The van der Waals surface area contributed by atoms with Crippen molar-refractivity contribution in [2.75, 3.05) is 11.1 Å². The van der Waals surface area contributed by atoms with Gasteiger partial charge in [-0.25, -0.2) is 9.78 Å². The lowest BCUT2D eigenvalue weighted by Gasteiger charge is -2.07. The SMILES string of the molecule is Nc1nc2cnc(CNc3ccc(C(=O)O)cc3)cc2c(=O)[nH]1.